The minimum Gasteiger partial charge on any atom is -0.346 e. The second-order valence-corrected chi connectivity index (χ2v) is 14.6. The molecule has 4 aliphatic rings. The molecule has 0 radical (unpaired) electrons. The van der Waals surface area contributed by atoms with Crippen LogP contribution in [0.1, 0.15) is 0 Å². The van der Waals surface area contributed by atoms with E-state index in [1.807, 2.05) is 21.1 Å². The normalized spacial score (nSPS) is 25.1. The number of nitrogens with zero attached hydrogens (tertiary/aromatic N) is 12. The van der Waals surface area contributed by atoms with Crippen molar-refractivity contribution in [2.75, 3.05) is 106 Å². The van der Waals surface area contributed by atoms with Gasteiger partial charge in [-0.15, -0.1) is 0 Å². The zero-order valence-electron chi connectivity index (χ0n) is 33.3. The van der Waals surface area contributed by atoms with E-state index in [-0.39, 0.29) is 85.0 Å². The van der Waals surface area contributed by atoms with Crippen molar-refractivity contribution in [3.8, 4) is 0 Å². The third-order valence-electron chi connectivity index (χ3n) is 12.1. The third-order valence-corrected chi connectivity index (χ3v) is 12.1. The molecule has 0 aromatic carbocycles. The van der Waals surface area contributed by atoms with Crippen LogP contribution in [0.5, 0.6) is 0 Å². The summed E-state index contributed by atoms with van der Waals surface area (Å²) in [5.74, 6) is 0. The third kappa shape index (κ3) is 7.19. The molecule has 48 heavy (non-hydrogen) atoms. The van der Waals surface area contributed by atoms with Crippen molar-refractivity contribution >= 4 is 85.0 Å². The average Bonchev–Trinajstić information content (AvgIpc) is 3.05. The molecule has 6 N–H and O–H groups in total. The molecule has 258 valence electrons. The second-order valence-electron chi connectivity index (χ2n) is 14.6. The molecule has 0 aliphatic carbocycles. The molecule has 0 spiro atoms. The summed E-state index contributed by atoms with van der Waals surface area (Å²) < 4.78 is 28.6. The van der Waals surface area contributed by atoms with E-state index in [0.717, 1.165) is 0 Å². The molecule has 4 aliphatic heterocycles. The van der Waals surface area contributed by atoms with Crippen molar-refractivity contribution in [2.24, 2.45) is 0 Å². The van der Waals surface area contributed by atoms with Gasteiger partial charge in [-0.3, -0.25) is 0 Å². The molecule has 0 saturated carbocycles. The fourth-order valence-electron chi connectivity index (χ4n) is 8.51. The summed E-state index contributed by atoms with van der Waals surface area (Å²) in [6.07, 6.45) is 0. The molecule has 0 amide bonds. The molecule has 0 aromatic heterocycles. The Morgan fingerprint density at radius 3 is 0.583 bits per heavy atom. The molecule has 0 bridgehead atoms. The predicted octanol–water partition coefficient (Wildman–Crippen LogP) is -7.13. The lowest BCUT2D eigenvalue weighted by Crippen LogP contribution is -2.92. The lowest BCUT2D eigenvalue weighted by molar-refractivity contribution is 0.474. The van der Waals surface area contributed by atoms with Gasteiger partial charge in [0.2, 0.25) is 0 Å². The Bertz CT molecular complexity index is 920. The summed E-state index contributed by atoms with van der Waals surface area (Å²) in [5.41, 5.74) is 0. The fraction of sp³-hybridized carbons (Fsp3) is 1.00. The maximum absolute atomic E-state index is 4.08. The maximum atomic E-state index is 4.08. The molecule has 4 rings (SSSR count). The van der Waals surface area contributed by atoms with E-state index >= 15 is 0 Å². The van der Waals surface area contributed by atoms with Gasteiger partial charge in [0.15, 0.2) is 0 Å². The van der Waals surface area contributed by atoms with E-state index in [1.54, 1.807) is 0 Å². The Hall–Kier alpha value is 0.0592. The van der Waals surface area contributed by atoms with Crippen molar-refractivity contribution in [3.05, 3.63) is 0 Å². The summed E-state index contributed by atoms with van der Waals surface area (Å²) in [6.45, 7) is 7.47. The van der Waals surface area contributed by atoms with Gasteiger partial charge in [-0.05, 0) is 106 Å². The summed E-state index contributed by atoms with van der Waals surface area (Å²) in [4.78, 5) is 0. The first-order valence-electron chi connectivity index (χ1n) is 17.4. The molecule has 0 aromatic rings. The highest BCUT2D eigenvalue weighted by molar-refractivity contribution is 6.96. The highest BCUT2D eigenvalue weighted by Crippen LogP contribution is 2.20. The van der Waals surface area contributed by atoms with Gasteiger partial charge in [-0.2, -0.15) is 0 Å². The van der Waals surface area contributed by atoms with E-state index in [1.165, 1.54) is 0 Å². The Labute approximate surface area is 298 Å². The lowest BCUT2D eigenvalue weighted by Gasteiger charge is -2.56. The number of hydrogen-bond donors (Lipinski definition) is 6. The van der Waals surface area contributed by atoms with Gasteiger partial charge < -0.3 is 87.8 Å². The van der Waals surface area contributed by atoms with Crippen LogP contribution in [0.3, 0.4) is 0 Å². The predicted molar refractivity (Wildman–Crippen MR) is 216 cm³/mol. The molecule has 0 unspecified atom stereocenters. The fourth-order valence-corrected chi connectivity index (χ4v) is 8.51. The monoisotopic (exact) mass is 661 g/mol. The Kier molecular flexibility index (Phi) is 13.9. The summed E-state index contributed by atoms with van der Waals surface area (Å²) in [7, 11) is 32.2. The van der Waals surface area contributed by atoms with Crippen molar-refractivity contribution in [1.29, 1.82) is 0 Å². The van der Waals surface area contributed by atoms with Crippen LogP contribution in [-0.2, 0) is 0 Å². The summed E-state index contributed by atoms with van der Waals surface area (Å²) >= 11 is 0. The smallest absolute Gasteiger partial charge is 0.346 e. The Morgan fingerprint density at radius 2 is 0.396 bits per heavy atom. The quantitative estimate of drug-likeness (QED) is 0.132. The van der Waals surface area contributed by atoms with E-state index < -0.39 is 0 Å². The van der Waals surface area contributed by atoms with Crippen molar-refractivity contribution in [2.45, 2.75) is 20.5 Å². The van der Waals surface area contributed by atoms with E-state index in [2.05, 4.69) is 193 Å². The lowest BCUT2D eigenvalue weighted by atomic mass is 9.46. The Balaban J connectivity index is 1.71. The topological polar surface area (TPSA) is 111 Å². The largest absolute Gasteiger partial charge is 0.380 e. The molecule has 4 saturated heterocycles. The van der Waals surface area contributed by atoms with Gasteiger partial charge in [0.05, 0.1) is 0 Å². The Morgan fingerprint density at radius 1 is 0.250 bits per heavy atom. The van der Waals surface area contributed by atoms with E-state index in [0.29, 0.717) is 0 Å². The van der Waals surface area contributed by atoms with Gasteiger partial charge in [0.1, 0.15) is 0 Å². The van der Waals surface area contributed by atoms with Crippen molar-refractivity contribution in [1.82, 2.24) is 87.8 Å². The van der Waals surface area contributed by atoms with Crippen LogP contribution >= 0.6 is 0 Å². The van der Waals surface area contributed by atoms with Crippen LogP contribution in [0.25, 0.3) is 0 Å². The minimum absolute atomic E-state index is 0.0296. The molecule has 18 nitrogen and oxygen atoms in total. The van der Waals surface area contributed by atoms with Crippen LogP contribution in [0.4, 0.5) is 0 Å². The van der Waals surface area contributed by atoms with Gasteiger partial charge >= 0.3 is 64.1 Å². The first kappa shape index (κ1) is 40.8. The van der Waals surface area contributed by atoms with Gasteiger partial charge in [0.25, 0.3) is 20.9 Å². The minimum atomic E-state index is -0.127. The highest BCUT2D eigenvalue weighted by Gasteiger charge is 2.58. The van der Waals surface area contributed by atoms with E-state index in [4.69, 9.17) is 0 Å². The first-order chi connectivity index (χ1) is 22.5. The maximum Gasteiger partial charge on any atom is 0.380 e. The zero-order chi connectivity index (χ0) is 36.1. The van der Waals surface area contributed by atoms with Gasteiger partial charge in [0, 0.05) is 0 Å². The van der Waals surface area contributed by atoms with Crippen LogP contribution in [0.2, 0.25) is 20.5 Å². The average molecular weight is 659 g/mol. The van der Waals surface area contributed by atoms with Crippen molar-refractivity contribution < 1.29 is 0 Å². The molecular formula is C18H60B12N18. The van der Waals surface area contributed by atoms with Crippen LogP contribution in [0.15, 0.2) is 0 Å². The molecular weight excluding hydrogens is 598 g/mol. The second kappa shape index (κ2) is 16.4. The number of hydrogen-bond acceptors (Lipinski definition) is 18. The van der Waals surface area contributed by atoms with Crippen LogP contribution in [-0.4, -0.2) is 247 Å². The van der Waals surface area contributed by atoms with Gasteiger partial charge in [-0.1, -0.05) is 20.5 Å². The number of nitrogens with one attached hydrogen (secondary N) is 6. The van der Waals surface area contributed by atoms with Crippen molar-refractivity contribution in [3.63, 3.8) is 0 Å². The van der Waals surface area contributed by atoms with E-state index in [9.17, 15) is 0 Å². The first-order valence-corrected chi connectivity index (χ1v) is 17.4. The SMILES string of the molecule is CNB1N(C)B(C)N(C)B(NB2N(C)B(NB3N(C)B(C)N(C)B(NC)N3C)N(C)B(NB3N(C)B(C)N(C)B(NC)N3C)N2C)N1C. The molecule has 4 heterocycles. The summed E-state index contributed by atoms with van der Waals surface area (Å²) in [5, 5.41) is 22.8. The molecule has 0 atom stereocenters. The standard InChI is InChI=1S/C18H60B12N18/c1-19-37(7)22(31-4)43(13)25(40(19)10)34-28-46(16)29(35-26-41(11)20(2)38(8)23(32-5)44(26)14)48(18)30(47(28)17)36-27-42(12)21(3)39(9)24(33-6)45(27)15/h31-36H,1-18H3. The highest BCUT2D eigenvalue weighted by atomic mass is 15.5. The zero-order valence-corrected chi connectivity index (χ0v) is 33.3. The van der Waals surface area contributed by atoms with Crippen LogP contribution in [0, 0.1) is 0 Å². The molecule has 4 fully saturated rings. The summed E-state index contributed by atoms with van der Waals surface area (Å²) in [6, 6.07) is 0. The molecule has 30 heteroatoms. The van der Waals surface area contributed by atoms with Gasteiger partial charge in [-0.25, -0.2) is 0 Å². The number of rotatable bonds is 9. The van der Waals surface area contributed by atoms with Crippen LogP contribution < -0.4 is 31.1 Å².